The fourth-order valence-corrected chi connectivity index (χ4v) is 4.11. The summed E-state index contributed by atoms with van der Waals surface area (Å²) in [5.74, 6) is 0.380. The number of nitrogens with zero attached hydrogens (tertiary/aromatic N) is 2. The second kappa shape index (κ2) is 5.90. The van der Waals surface area contributed by atoms with Crippen LogP contribution in [0.15, 0.2) is 36.4 Å². The Morgan fingerprint density at radius 2 is 1.95 bits per heavy atom. The second-order valence-corrected chi connectivity index (χ2v) is 6.75. The Morgan fingerprint density at radius 3 is 2.91 bits per heavy atom. The maximum Gasteiger partial charge on any atom is 0.116 e. The monoisotopic (exact) mass is 296 g/mol. The summed E-state index contributed by atoms with van der Waals surface area (Å²) >= 11 is 0. The van der Waals surface area contributed by atoms with Crippen LogP contribution in [0.5, 0.6) is 5.75 Å². The van der Waals surface area contributed by atoms with Gasteiger partial charge in [-0.25, -0.2) is 0 Å². The van der Waals surface area contributed by atoms with Gasteiger partial charge in [0.05, 0.1) is 0 Å². The van der Waals surface area contributed by atoms with E-state index in [9.17, 15) is 5.11 Å². The first kappa shape index (κ1) is 14.0. The molecule has 0 radical (unpaired) electrons. The highest BCUT2D eigenvalue weighted by atomic mass is 16.3. The molecule has 116 valence electrons. The van der Waals surface area contributed by atoms with E-state index >= 15 is 0 Å². The van der Waals surface area contributed by atoms with Crippen molar-refractivity contribution in [2.24, 2.45) is 0 Å². The summed E-state index contributed by atoms with van der Waals surface area (Å²) in [6.07, 6.45) is 4.09. The van der Waals surface area contributed by atoms with Crippen LogP contribution in [-0.4, -0.2) is 47.1 Å². The number of hydrogen-bond donors (Lipinski definition) is 1. The van der Waals surface area contributed by atoms with Gasteiger partial charge in [-0.05, 0) is 47.9 Å². The van der Waals surface area contributed by atoms with Crippen molar-refractivity contribution >= 4 is 10.8 Å². The molecule has 0 spiro atoms. The van der Waals surface area contributed by atoms with Gasteiger partial charge < -0.3 is 5.11 Å². The lowest BCUT2D eigenvalue weighted by molar-refractivity contribution is 0.0458. The molecule has 1 atom stereocenters. The molecule has 2 aliphatic rings. The summed E-state index contributed by atoms with van der Waals surface area (Å²) in [7, 11) is 0. The third kappa shape index (κ3) is 2.71. The number of phenolic OH excluding ortho intramolecular Hbond substituents is 1. The molecule has 0 saturated carbocycles. The Balaban J connectivity index is 1.56. The van der Waals surface area contributed by atoms with Crippen LogP contribution in [0.3, 0.4) is 0 Å². The highest BCUT2D eigenvalue weighted by molar-refractivity contribution is 5.87. The molecule has 2 fully saturated rings. The predicted octanol–water partition coefficient (Wildman–Crippen LogP) is 3.22. The van der Waals surface area contributed by atoms with Crippen molar-refractivity contribution in [3.8, 4) is 5.75 Å². The molecule has 1 unspecified atom stereocenters. The van der Waals surface area contributed by atoms with E-state index in [0.29, 0.717) is 5.75 Å². The van der Waals surface area contributed by atoms with Crippen molar-refractivity contribution in [1.82, 2.24) is 9.80 Å². The van der Waals surface area contributed by atoms with E-state index in [1.807, 2.05) is 18.2 Å². The smallest absolute Gasteiger partial charge is 0.116 e. The third-order valence-corrected chi connectivity index (χ3v) is 5.25. The third-order valence-electron chi connectivity index (χ3n) is 5.25. The maximum absolute atomic E-state index is 10.0. The molecule has 22 heavy (non-hydrogen) atoms. The number of benzene rings is 2. The van der Waals surface area contributed by atoms with Crippen molar-refractivity contribution in [2.75, 3.05) is 26.2 Å². The van der Waals surface area contributed by atoms with Crippen molar-refractivity contribution in [3.63, 3.8) is 0 Å². The summed E-state index contributed by atoms with van der Waals surface area (Å²) < 4.78 is 0. The number of hydrogen-bond acceptors (Lipinski definition) is 3. The number of piperidine rings is 1. The standard InChI is InChI=1S/C19H24N2O/c22-18-11-15-5-1-2-7-19(15)16(12-18)13-20-9-10-21-8-4-3-6-17(21)14-20/h1-2,5,7,11-12,17,22H,3-4,6,8-10,13-14H2. The van der Waals surface area contributed by atoms with Gasteiger partial charge in [-0.1, -0.05) is 30.7 Å². The first-order valence-corrected chi connectivity index (χ1v) is 8.47. The first-order chi connectivity index (χ1) is 10.8. The van der Waals surface area contributed by atoms with E-state index in [2.05, 4.69) is 28.0 Å². The molecule has 2 saturated heterocycles. The lowest BCUT2D eigenvalue weighted by Gasteiger charge is -2.44. The van der Waals surface area contributed by atoms with Crippen molar-refractivity contribution in [3.05, 3.63) is 42.0 Å². The molecule has 0 aliphatic carbocycles. The minimum Gasteiger partial charge on any atom is -0.508 e. The maximum atomic E-state index is 10.0. The zero-order chi connectivity index (χ0) is 14.9. The fourth-order valence-electron chi connectivity index (χ4n) is 4.11. The molecule has 2 aliphatic heterocycles. The van der Waals surface area contributed by atoms with E-state index in [4.69, 9.17) is 0 Å². The molecule has 0 bridgehead atoms. The minimum atomic E-state index is 0.380. The molecule has 0 amide bonds. The lowest BCUT2D eigenvalue weighted by atomic mass is 9.98. The summed E-state index contributed by atoms with van der Waals surface area (Å²) in [6.45, 7) is 5.73. The van der Waals surface area contributed by atoms with E-state index in [1.54, 1.807) is 0 Å². The Kier molecular flexibility index (Phi) is 3.77. The second-order valence-electron chi connectivity index (χ2n) is 6.75. The van der Waals surface area contributed by atoms with Crippen molar-refractivity contribution in [2.45, 2.75) is 31.8 Å². The van der Waals surface area contributed by atoms with Crippen LogP contribution in [0, 0.1) is 0 Å². The summed E-state index contributed by atoms with van der Waals surface area (Å²) in [4.78, 5) is 5.23. The lowest BCUT2D eigenvalue weighted by Crippen LogP contribution is -2.54. The van der Waals surface area contributed by atoms with Gasteiger partial charge in [-0.3, -0.25) is 9.80 Å². The molecule has 2 aromatic carbocycles. The molecule has 2 aromatic rings. The van der Waals surface area contributed by atoms with Gasteiger partial charge in [0, 0.05) is 32.2 Å². The first-order valence-electron chi connectivity index (χ1n) is 8.47. The zero-order valence-electron chi connectivity index (χ0n) is 13.0. The zero-order valence-corrected chi connectivity index (χ0v) is 13.0. The minimum absolute atomic E-state index is 0.380. The van der Waals surface area contributed by atoms with Gasteiger partial charge in [0.1, 0.15) is 5.75 Å². The van der Waals surface area contributed by atoms with E-state index < -0.39 is 0 Å². The SMILES string of the molecule is Oc1cc(CN2CCN3CCCCC3C2)c2ccccc2c1. The molecule has 2 heterocycles. The van der Waals surface area contributed by atoms with Gasteiger partial charge >= 0.3 is 0 Å². The Bertz CT molecular complexity index is 670. The van der Waals surface area contributed by atoms with Crippen molar-refractivity contribution in [1.29, 1.82) is 0 Å². The normalized spacial score (nSPS) is 23.5. The van der Waals surface area contributed by atoms with Gasteiger partial charge in [0.15, 0.2) is 0 Å². The molecular weight excluding hydrogens is 272 g/mol. The molecule has 1 N–H and O–H groups in total. The average Bonchev–Trinajstić information content (AvgIpc) is 2.54. The summed E-state index contributed by atoms with van der Waals surface area (Å²) in [6, 6.07) is 12.9. The Labute approximate surface area is 132 Å². The molecular formula is C19H24N2O. The van der Waals surface area contributed by atoms with E-state index in [-0.39, 0.29) is 0 Å². The molecule has 3 heteroatoms. The van der Waals surface area contributed by atoms with Crippen LogP contribution in [-0.2, 0) is 6.54 Å². The van der Waals surface area contributed by atoms with Gasteiger partial charge in [0.2, 0.25) is 0 Å². The Hall–Kier alpha value is -1.58. The van der Waals surface area contributed by atoms with Crippen LogP contribution in [0.1, 0.15) is 24.8 Å². The number of aromatic hydroxyl groups is 1. The number of rotatable bonds is 2. The topological polar surface area (TPSA) is 26.7 Å². The largest absolute Gasteiger partial charge is 0.508 e. The number of phenols is 1. The highest BCUT2D eigenvalue weighted by Crippen LogP contribution is 2.27. The molecule has 0 aromatic heterocycles. The van der Waals surface area contributed by atoms with Gasteiger partial charge in [-0.15, -0.1) is 0 Å². The predicted molar refractivity (Wildman–Crippen MR) is 90.1 cm³/mol. The van der Waals surface area contributed by atoms with Gasteiger partial charge in [0.25, 0.3) is 0 Å². The van der Waals surface area contributed by atoms with Crippen LogP contribution in [0.25, 0.3) is 10.8 Å². The number of piperazine rings is 1. The van der Waals surface area contributed by atoms with Crippen LogP contribution in [0.4, 0.5) is 0 Å². The van der Waals surface area contributed by atoms with E-state index in [0.717, 1.165) is 24.5 Å². The van der Waals surface area contributed by atoms with Crippen LogP contribution < -0.4 is 0 Å². The summed E-state index contributed by atoms with van der Waals surface area (Å²) in [5.41, 5.74) is 1.25. The molecule has 4 rings (SSSR count). The average molecular weight is 296 g/mol. The number of fused-ring (bicyclic) bond motifs is 2. The molecule has 3 nitrogen and oxygen atoms in total. The Morgan fingerprint density at radius 1 is 1.05 bits per heavy atom. The van der Waals surface area contributed by atoms with Gasteiger partial charge in [-0.2, -0.15) is 0 Å². The van der Waals surface area contributed by atoms with Crippen molar-refractivity contribution < 1.29 is 5.11 Å². The van der Waals surface area contributed by atoms with E-state index in [1.165, 1.54) is 49.8 Å². The fraction of sp³-hybridized carbons (Fsp3) is 0.474. The van der Waals surface area contributed by atoms with Crippen LogP contribution >= 0.6 is 0 Å². The quantitative estimate of drug-likeness (QED) is 0.922. The summed E-state index contributed by atoms with van der Waals surface area (Å²) in [5, 5.41) is 12.4. The highest BCUT2D eigenvalue weighted by Gasteiger charge is 2.28. The van der Waals surface area contributed by atoms with Crippen LogP contribution in [0.2, 0.25) is 0 Å².